The number of hydrogen-bond donors (Lipinski definition) is 0. The van der Waals surface area contributed by atoms with E-state index >= 15 is 0 Å². The van der Waals surface area contributed by atoms with Gasteiger partial charge in [0.15, 0.2) is 0 Å². The molecule has 1 amide bonds. The van der Waals surface area contributed by atoms with Gasteiger partial charge in [-0.3, -0.25) is 9.48 Å². The number of amides is 1. The van der Waals surface area contributed by atoms with Gasteiger partial charge in [0.25, 0.3) is 0 Å². The first-order valence-corrected chi connectivity index (χ1v) is 12.1. The molecular formula is C24H34N6O. The summed E-state index contributed by atoms with van der Waals surface area (Å²) in [6.07, 6.45) is 15.3. The Morgan fingerprint density at radius 3 is 2.65 bits per heavy atom. The SMILES string of the molecule is Cn1cc(-c2ccnc(N3CCCC3)n2)c(C2CCCN2C(=O)CC2CCCCC2)n1. The Balaban J connectivity index is 1.39. The molecule has 2 aromatic rings. The molecule has 0 bridgehead atoms. The third-order valence-electron chi connectivity index (χ3n) is 7.24. The highest BCUT2D eigenvalue weighted by molar-refractivity contribution is 5.78. The number of likely N-dealkylation sites (tertiary alicyclic amines) is 1. The Labute approximate surface area is 184 Å². The number of nitrogens with zero attached hydrogens (tertiary/aromatic N) is 6. The highest BCUT2D eigenvalue weighted by Gasteiger charge is 2.35. The number of aryl methyl sites for hydroxylation is 1. The van der Waals surface area contributed by atoms with Crippen molar-refractivity contribution in [2.75, 3.05) is 24.5 Å². The Morgan fingerprint density at radius 1 is 1.03 bits per heavy atom. The van der Waals surface area contributed by atoms with E-state index in [9.17, 15) is 4.79 Å². The van der Waals surface area contributed by atoms with Crippen LogP contribution in [0.4, 0.5) is 5.95 Å². The van der Waals surface area contributed by atoms with E-state index in [2.05, 4.69) is 14.8 Å². The van der Waals surface area contributed by atoms with Crippen LogP contribution in [-0.4, -0.2) is 50.2 Å². The molecule has 7 heteroatoms. The van der Waals surface area contributed by atoms with Gasteiger partial charge < -0.3 is 9.80 Å². The molecule has 4 heterocycles. The van der Waals surface area contributed by atoms with Crippen LogP contribution in [0.25, 0.3) is 11.3 Å². The average molecular weight is 423 g/mol. The minimum absolute atomic E-state index is 0.0532. The second-order valence-electron chi connectivity index (χ2n) is 9.49. The van der Waals surface area contributed by atoms with E-state index < -0.39 is 0 Å². The minimum Gasteiger partial charge on any atom is -0.341 e. The summed E-state index contributed by atoms with van der Waals surface area (Å²) < 4.78 is 1.87. The summed E-state index contributed by atoms with van der Waals surface area (Å²) in [6.45, 7) is 2.89. The third kappa shape index (κ3) is 4.32. The lowest BCUT2D eigenvalue weighted by molar-refractivity contribution is -0.133. The minimum atomic E-state index is 0.0532. The van der Waals surface area contributed by atoms with Crippen LogP contribution in [0.15, 0.2) is 18.5 Å². The molecule has 3 fully saturated rings. The predicted molar refractivity (Wildman–Crippen MR) is 121 cm³/mol. The van der Waals surface area contributed by atoms with Crippen LogP contribution in [-0.2, 0) is 11.8 Å². The second kappa shape index (κ2) is 8.97. The van der Waals surface area contributed by atoms with Crippen molar-refractivity contribution in [3.63, 3.8) is 0 Å². The number of carbonyl (C=O) groups excluding carboxylic acids is 1. The Hall–Kier alpha value is -2.44. The van der Waals surface area contributed by atoms with Gasteiger partial charge in [0.1, 0.15) is 0 Å². The van der Waals surface area contributed by atoms with Crippen molar-refractivity contribution in [3.8, 4) is 11.3 Å². The monoisotopic (exact) mass is 422 g/mol. The molecule has 166 valence electrons. The van der Waals surface area contributed by atoms with Crippen molar-refractivity contribution in [1.82, 2.24) is 24.6 Å². The molecular weight excluding hydrogens is 388 g/mol. The van der Waals surface area contributed by atoms with Gasteiger partial charge in [0.2, 0.25) is 11.9 Å². The van der Waals surface area contributed by atoms with E-state index in [1.54, 1.807) is 0 Å². The van der Waals surface area contributed by atoms with Crippen molar-refractivity contribution in [3.05, 3.63) is 24.2 Å². The van der Waals surface area contributed by atoms with Crippen molar-refractivity contribution in [2.24, 2.45) is 13.0 Å². The average Bonchev–Trinajstić information content (AvgIpc) is 3.55. The quantitative estimate of drug-likeness (QED) is 0.725. The van der Waals surface area contributed by atoms with Crippen molar-refractivity contribution in [1.29, 1.82) is 0 Å². The van der Waals surface area contributed by atoms with Crippen molar-refractivity contribution >= 4 is 11.9 Å². The maximum Gasteiger partial charge on any atom is 0.225 e. The standard InChI is InChI=1S/C24H34N6O/c1-28-17-19(20-11-12-25-24(26-20)29-13-5-6-14-29)23(27-28)21-10-7-15-30(21)22(31)16-18-8-3-2-4-9-18/h11-12,17-18,21H,2-10,13-16H2,1H3. The first kappa shape index (κ1) is 20.5. The fraction of sp³-hybridized carbons (Fsp3) is 0.667. The van der Waals surface area contributed by atoms with Gasteiger partial charge in [-0.15, -0.1) is 0 Å². The molecule has 2 saturated heterocycles. The van der Waals surface area contributed by atoms with Gasteiger partial charge in [-0.05, 0) is 50.5 Å². The zero-order valence-corrected chi connectivity index (χ0v) is 18.7. The zero-order valence-electron chi connectivity index (χ0n) is 18.7. The van der Waals surface area contributed by atoms with Gasteiger partial charge in [0, 0.05) is 51.1 Å². The molecule has 2 aromatic heterocycles. The Kier molecular flexibility index (Phi) is 5.92. The molecule has 0 aromatic carbocycles. The van der Waals surface area contributed by atoms with Gasteiger partial charge in [-0.1, -0.05) is 19.3 Å². The molecule has 1 unspecified atom stereocenters. The summed E-state index contributed by atoms with van der Waals surface area (Å²) in [6, 6.07) is 2.03. The van der Waals surface area contributed by atoms with Crippen LogP contribution in [0.3, 0.4) is 0 Å². The molecule has 5 rings (SSSR count). The molecule has 7 nitrogen and oxygen atoms in total. The Morgan fingerprint density at radius 2 is 1.84 bits per heavy atom. The van der Waals surface area contributed by atoms with Gasteiger partial charge in [-0.25, -0.2) is 9.97 Å². The number of rotatable bonds is 5. The van der Waals surface area contributed by atoms with E-state index in [-0.39, 0.29) is 6.04 Å². The molecule has 31 heavy (non-hydrogen) atoms. The lowest BCUT2D eigenvalue weighted by Crippen LogP contribution is -2.32. The van der Waals surface area contributed by atoms with Gasteiger partial charge in [-0.2, -0.15) is 5.10 Å². The summed E-state index contributed by atoms with van der Waals surface area (Å²) in [5.74, 6) is 1.68. The molecule has 1 aliphatic carbocycles. The highest BCUT2D eigenvalue weighted by atomic mass is 16.2. The topological polar surface area (TPSA) is 67.2 Å². The van der Waals surface area contributed by atoms with Gasteiger partial charge >= 0.3 is 0 Å². The van der Waals surface area contributed by atoms with Crippen LogP contribution in [0.2, 0.25) is 0 Å². The smallest absolute Gasteiger partial charge is 0.225 e. The normalized spacial score (nSPS) is 22.4. The fourth-order valence-electron chi connectivity index (χ4n) is 5.62. The first-order chi connectivity index (χ1) is 15.2. The second-order valence-corrected chi connectivity index (χ2v) is 9.49. The lowest BCUT2D eigenvalue weighted by Gasteiger charge is -2.28. The fourth-order valence-corrected chi connectivity index (χ4v) is 5.62. The van der Waals surface area contributed by atoms with Gasteiger partial charge in [0.05, 0.1) is 17.4 Å². The van der Waals surface area contributed by atoms with Crippen LogP contribution in [0.5, 0.6) is 0 Å². The maximum absolute atomic E-state index is 13.2. The lowest BCUT2D eigenvalue weighted by atomic mass is 9.86. The molecule has 0 spiro atoms. The van der Waals surface area contributed by atoms with E-state index in [0.29, 0.717) is 18.2 Å². The van der Waals surface area contributed by atoms with Crippen LogP contribution in [0, 0.1) is 5.92 Å². The summed E-state index contributed by atoms with van der Waals surface area (Å²) >= 11 is 0. The molecule has 3 aliphatic rings. The predicted octanol–water partition coefficient (Wildman–Crippen LogP) is 4.11. The van der Waals surface area contributed by atoms with E-state index in [4.69, 9.17) is 10.1 Å². The highest BCUT2D eigenvalue weighted by Crippen LogP contribution is 2.38. The molecule has 0 radical (unpaired) electrons. The number of carbonyl (C=O) groups is 1. The number of hydrogen-bond acceptors (Lipinski definition) is 5. The zero-order chi connectivity index (χ0) is 21.2. The summed E-state index contributed by atoms with van der Waals surface area (Å²) in [7, 11) is 1.96. The molecule has 2 aliphatic heterocycles. The number of anilines is 1. The molecule has 1 saturated carbocycles. The number of aromatic nitrogens is 4. The van der Waals surface area contributed by atoms with E-state index in [1.165, 1.54) is 44.9 Å². The van der Waals surface area contributed by atoms with E-state index in [1.807, 2.05) is 30.2 Å². The van der Waals surface area contributed by atoms with Crippen LogP contribution in [0.1, 0.15) is 75.9 Å². The summed E-state index contributed by atoms with van der Waals surface area (Å²) in [5, 5.41) is 4.82. The molecule has 0 N–H and O–H groups in total. The Bertz CT molecular complexity index is 913. The third-order valence-corrected chi connectivity index (χ3v) is 7.24. The van der Waals surface area contributed by atoms with Crippen molar-refractivity contribution in [2.45, 2.75) is 70.3 Å². The maximum atomic E-state index is 13.2. The van der Waals surface area contributed by atoms with Crippen LogP contribution >= 0.6 is 0 Å². The van der Waals surface area contributed by atoms with Crippen molar-refractivity contribution < 1.29 is 4.79 Å². The summed E-state index contributed by atoms with van der Waals surface area (Å²) in [4.78, 5) is 27.0. The van der Waals surface area contributed by atoms with Crippen LogP contribution < -0.4 is 4.90 Å². The molecule has 1 atom stereocenters. The summed E-state index contributed by atoms with van der Waals surface area (Å²) in [5.41, 5.74) is 2.93. The van der Waals surface area contributed by atoms with E-state index in [0.717, 1.165) is 55.4 Å². The first-order valence-electron chi connectivity index (χ1n) is 12.1. The largest absolute Gasteiger partial charge is 0.341 e.